The number of ether oxygens (including phenoxy) is 2. The molecule has 0 aliphatic carbocycles. The predicted octanol–water partition coefficient (Wildman–Crippen LogP) is 6.64. The van der Waals surface area contributed by atoms with Crippen LogP contribution in [0.25, 0.3) is 0 Å². The van der Waals surface area contributed by atoms with Gasteiger partial charge in [0, 0.05) is 17.1 Å². The molecule has 0 N–H and O–H groups in total. The fourth-order valence-electron chi connectivity index (χ4n) is 2.81. The van der Waals surface area contributed by atoms with E-state index >= 15 is 0 Å². The zero-order chi connectivity index (χ0) is 19.1. The summed E-state index contributed by atoms with van der Waals surface area (Å²) in [7, 11) is 0. The molecule has 3 heteroatoms. The van der Waals surface area contributed by atoms with E-state index in [1.54, 1.807) is 0 Å². The van der Waals surface area contributed by atoms with E-state index in [-0.39, 0.29) is 23.4 Å². The minimum absolute atomic E-state index is 0.115. The molecule has 0 heterocycles. The van der Waals surface area contributed by atoms with E-state index < -0.39 is 0 Å². The second-order valence-electron chi connectivity index (χ2n) is 8.85. The summed E-state index contributed by atoms with van der Waals surface area (Å²) in [5, 5.41) is 0. The summed E-state index contributed by atoms with van der Waals surface area (Å²) in [4.78, 5) is 1.30. The van der Waals surface area contributed by atoms with Gasteiger partial charge in [0.25, 0.3) is 0 Å². The Labute approximate surface area is 160 Å². The standard InChI is InChI=1S/C22H38O2S/c1-9-10-18(23-21(3,4)5)15-19(24-22(6,7)8)16-25-20-13-11-17(2)12-14-20/h11-14,18-19H,9-10,15-16H2,1-8H3/t18-,19-/m0/s1. The minimum Gasteiger partial charge on any atom is -0.373 e. The zero-order valence-corrected chi connectivity index (χ0v) is 18.3. The Hall–Kier alpha value is -0.510. The summed E-state index contributed by atoms with van der Waals surface area (Å²) < 4.78 is 12.7. The maximum Gasteiger partial charge on any atom is 0.0700 e. The summed E-state index contributed by atoms with van der Waals surface area (Å²) in [5.74, 6) is 0.952. The Morgan fingerprint density at radius 2 is 1.40 bits per heavy atom. The van der Waals surface area contributed by atoms with Crippen LogP contribution in [-0.4, -0.2) is 29.2 Å². The van der Waals surface area contributed by atoms with Gasteiger partial charge < -0.3 is 9.47 Å². The van der Waals surface area contributed by atoms with Gasteiger partial charge >= 0.3 is 0 Å². The number of aryl methyl sites for hydroxylation is 1. The molecule has 0 radical (unpaired) electrons. The van der Waals surface area contributed by atoms with Gasteiger partial charge in [-0.15, -0.1) is 11.8 Å². The molecular weight excluding hydrogens is 328 g/mol. The lowest BCUT2D eigenvalue weighted by molar-refractivity contribution is -0.108. The van der Waals surface area contributed by atoms with Gasteiger partial charge in [-0.2, -0.15) is 0 Å². The zero-order valence-electron chi connectivity index (χ0n) is 17.5. The molecule has 1 rings (SSSR count). The van der Waals surface area contributed by atoms with Crippen molar-refractivity contribution in [2.75, 3.05) is 5.75 Å². The maximum absolute atomic E-state index is 6.37. The van der Waals surface area contributed by atoms with Gasteiger partial charge in [0.2, 0.25) is 0 Å². The second-order valence-corrected chi connectivity index (χ2v) is 9.95. The summed E-state index contributed by atoms with van der Waals surface area (Å²) >= 11 is 1.88. The van der Waals surface area contributed by atoms with E-state index in [2.05, 4.69) is 79.7 Å². The van der Waals surface area contributed by atoms with Crippen LogP contribution in [0, 0.1) is 6.92 Å². The smallest absolute Gasteiger partial charge is 0.0700 e. The third kappa shape index (κ3) is 10.9. The van der Waals surface area contributed by atoms with E-state index in [0.717, 1.165) is 25.0 Å². The number of hydrogen-bond acceptors (Lipinski definition) is 3. The molecule has 0 spiro atoms. The normalized spacial score (nSPS) is 15.2. The first kappa shape index (κ1) is 22.5. The predicted molar refractivity (Wildman–Crippen MR) is 111 cm³/mol. The fourth-order valence-corrected chi connectivity index (χ4v) is 3.72. The van der Waals surface area contributed by atoms with Crippen molar-refractivity contribution in [3.63, 3.8) is 0 Å². The van der Waals surface area contributed by atoms with Crippen molar-refractivity contribution in [3.05, 3.63) is 29.8 Å². The third-order valence-corrected chi connectivity index (χ3v) is 4.78. The molecule has 2 atom stereocenters. The van der Waals surface area contributed by atoms with Crippen LogP contribution in [0.4, 0.5) is 0 Å². The van der Waals surface area contributed by atoms with Crippen molar-refractivity contribution in [2.24, 2.45) is 0 Å². The first-order chi connectivity index (χ1) is 11.5. The molecule has 0 fully saturated rings. The van der Waals surface area contributed by atoms with Gasteiger partial charge in [0.05, 0.1) is 23.4 Å². The molecule has 25 heavy (non-hydrogen) atoms. The van der Waals surface area contributed by atoms with Crippen molar-refractivity contribution in [1.29, 1.82) is 0 Å². The van der Waals surface area contributed by atoms with Crippen molar-refractivity contribution in [1.82, 2.24) is 0 Å². The first-order valence-corrected chi connectivity index (χ1v) is 10.5. The van der Waals surface area contributed by atoms with Crippen LogP contribution in [0.5, 0.6) is 0 Å². The summed E-state index contributed by atoms with van der Waals surface area (Å²) in [6.45, 7) is 17.2. The van der Waals surface area contributed by atoms with Crippen LogP contribution in [0.1, 0.15) is 73.3 Å². The Morgan fingerprint density at radius 1 is 0.880 bits per heavy atom. The van der Waals surface area contributed by atoms with Crippen LogP contribution >= 0.6 is 11.8 Å². The molecule has 0 saturated carbocycles. The van der Waals surface area contributed by atoms with Crippen LogP contribution in [0.2, 0.25) is 0 Å². The molecule has 0 bridgehead atoms. The van der Waals surface area contributed by atoms with Crippen molar-refractivity contribution in [3.8, 4) is 0 Å². The largest absolute Gasteiger partial charge is 0.373 e. The Morgan fingerprint density at radius 3 is 1.88 bits per heavy atom. The summed E-state index contributed by atoms with van der Waals surface area (Å²) in [5.41, 5.74) is 1.04. The first-order valence-electron chi connectivity index (χ1n) is 9.53. The Balaban J connectivity index is 2.74. The van der Waals surface area contributed by atoms with Crippen LogP contribution < -0.4 is 0 Å². The number of rotatable bonds is 9. The molecule has 0 unspecified atom stereocenters. The maximum atomic E-state index is 6.37. The second kappa shape index (κ2) is 9.99. The lowest BCUT2D eigenvalue weighted by Crippen LogP contribution is -2.35. The highest BCUT2D eigenvalue weighted by molar-refractivity contribution is 7.99. The van der Waals surface area contributed by atoms with Gasteiger partial charge in [-0.1, -0.05) is 31.0 Å². The third-order valence-electron chi connectivity index (χ3n) is 3.63. The van der Waals surface area contributed by atoms with E-state index in [1.807, 2.05) is 11.8 Å². The topological polar surface area (TPSA) is 18.5 Å². The van der Waals surface area contributed by atoms with Crippen LogP contribution in [0.3, 0.4) is 0 Å². The highest BCUT2D eigenvalue weighted by atomic mass is 32.2. The van der Waals surface area contributed by atoms with Gasteiger partial charge in [0.1, 0.15) is 0 Å². The molecule has 2 nitrogen and oxygen atoms in total. The van der Waals surface area contributed by atoms with Gasteiger partial charge in [-0.25, -0.2) is 0 Å². The van der Waals surface area contributed by atoms with E-state index in [0.29, 0.717) is 0 Å². The fraction of sp³-hybridized carbons (Fsp3) is 0.727. The molecule has 0 saturated heterocycles. The van der Waals surface area contributed by atoms with Gasteiger partial charge in [-0.3, -0.25) is 0 Å². The highest BCUT2D eigenvalue weighted by Gasteiger charge is 2.25. The molecular formula is C22H38O2S. The molecule has 144 valence electrons. The van der Waals surface area contributed by atoms with Crippen molar-refractivity contribution >= 4 is 11.8 Å². The van der Waals surface area contributed by atoms with Crippen molar-refractivity contribution < 1.29 is 9.47 Å². The average Bonchev–Trinajstić information content (AvgIpc) is 2.43. The molecule has 0 aliphatic heterocycles. The summed E-state index contributed by atoms with van der Waals surface area (Å²) in [6.07, 6.45) is 3.59. The molecule has 1 aromatic rings. The van der Waals surface area contributed by atoms with Crippen LogP contribution in [-0.2, 0) is 9.47 Å². The van der Waals surface area contributed by atoms with E-state index in [1.165, 1.54) is 10.5 Å². The quantitative estimate of drug-likeness (QED) is 0.456. The molecule has 1 aromatic carbocycles. The van der Waals surface area contributed by atoms with E-state index in [4.69, 9.17) is 9.47 Å². The van der Waals surface area contributed by atoms with E-state index in [9.17, 15) is 0 Å². The monoisotopic (exact) mass is 366 g/mol. The van der Waals surface area contributed by atoms with Gasteiger partial charge in [-0.05, 0) is 67.0 Å². The molecule has 0 aliphatic rings. The summed E-state index contributed by atoms with van der Waals surface area (Å²) in [6, 6.07) is 8.74. The lowest BCUT2D eigenvalue weighted by atomic mass is 10.0. The minimum atomic E-state index is -0.142. The SMILES string of the molecule is CCC[C@@H](C[C@@H](CSc1ccc(C)cc1)OC(C)(C)C)OC(C)(C)C. The number of benzene rings is 1. The Bertz CT molecular complexity index is 482. The average molecular weight is 367 g/mol. The molecule has 0 amide bonds. The number of hydrogen-bond donors (Lipinski definition) is 0. The van der Waals surface area contributed by atoms with Crippen LogP contribution in [0.15, 0.2) is 29.2 Å². The Kier molecular flexibility index (Phi) is 9.00. The van der Waals surface area contributed by atoms with Crippen molar-refractivity contribution in [2.45, 2.75) is 103 Å². The molecule has 0 aromatic heterocycles. The number of thioether (sulfide) groups is 1. The van der Waals surface area contributed by atoms with Gasteiger partial charge in [0.15, 0.2) is 0 Å². The highest BCUT2D eigenvalue weighted by Crippen LogP contribution is 2.27. The lowest BCUT2D eigenvalue weighted by Gasteiger charge is -2.33.